The third-order valence-corrected chi connectivity index (χ3v) is 6.62. The molecule has 0 aliphatic heterocycles. The van der Waals surface area contributed by atoms with Crippen LogP contribution in [0.4, 0.5) is 0 Å². The number of alkyl halides is 6. The smallest absolute Gasteiger partial charge is 0.213 e. The number of aromatic nitrogens is 3. The van der Waals surface area contributed by atoms with Crippen molar-refractivity contribution >= 4 is 69.6 Å². The summed E-state index contributed by atoms with van der Waals surface area (Å²) in [6.45, 7) is 0. The molecule has 156 valence electrons. The average Bonchev–Trinajstić information content (AvgIpc) is 2.66. The van der Waals surface area contributed by atoms with E-state index in [2.05, 4.69) is 27.1 Å². The van der Waals surface area contributed by atoms with Gasteiger partial charge >= 0.3 is 0 Å². The van der Waals surface area contributed by atoms with Gasteiger partial charge in [-0.05, 0) is 50.4 Å². The minimum Gasteiger partial charge on any atom is -0.213 e. The van der Waals surface area contributed by atoms with E-state index in [9.17, 15) is 0 Å². The van der Waals surface area contributed by atoms with E-state index in [1.165, 1.54) is 32.1 Å². The summed E-state index contributed by atoms with van der Waals surface area (Å²) in [6.07, 6.45) is 15.7. The predicted octanol–water partition coefficient (Wildman–Crippen LogP) is 7.94. The van der Waals surface area contributed by atoms with Gasteiger partial charge in [-0.15, -0.1) is 0 Å². The highest BCUT2D eigenvalue weighted by Crippen LogP contribution is 2.42. The second kappa shape index (κ2) is 9.75. The fourth-order valence-corrected chi connectivity index (χ4v) is 4.55. The van der Waals surface area contributed by atoms with Crippen LogP contribution in [-0.4, -0.2) is 15.0 Å². The molecule has 2 aliphatic rings. The molecule has 0 unspecified atom stereocenters. The van der Waals surface area contributed by atoms with Crippen LogP contribution in [0.3, 0.4) is 0 Å². The molecule has 0 aromatic carbocycles. The molecule has 9 heteroatoms. The first-order chi connectivity index (χ1) is 13.1. The first-order valence-electron chi connectivity index (χ1n) is 9.71. The van der Waals surface area contributed by atoms with Crippen molar-refractivity contribution in [2.45, 2.75) is 71.3 Å². The SMILES string of the molecule is ClC(Cl)(Cl)c1nc(C2CCC(C=CC3CCCCC3)CC2)nc(C(Cl)(Cl)Cl)n1. The van der Waals surface area contributed by atoms with Crippen molar-refractivity contribution in [3.63, 3.8) is 0 Å². The molecule has 0 atom stereocenters. The van der Waals surface area contributed by atoms with Gasteiger partial charge in [0.05, 0.1) is 0 Å². The number of hydrogen-bond acceptors (Lipinski definition) is 3. The molecule has 1 heterocycles. The van der Waals surface area contributed by atoms with Gasteiger partial charge in [-0.1, -0.05) is 101 Å². The average molecular weight is 506 g/mol. The molecule has 0 N–H and O–H groups in total. The van der Waals surface area contributed by atoms with Gasteiger partial charge in [0.15, 0.2) is 11.6 Å². The Hall–Kier alpha value is 0.490. The highest BCUT2D eigenvalue weighted by atomic mass is 35.6. The van der Waals surface area contributed by atoms with Gasteiger partial charge in [-0.3, -0.25) is 0 Å². The van der Waals surface area contributed by atoms with Gasteiger partial charge in [-0.2, -0.15) is 0 Å². The zero-order valence-electron chi connectivity index (χ0n) is 15.4. The fourth-order valence-electron chi connectivity index (χ4n) is 4.04. The zero-order valence-corrected chi connectivity index (χ0v) is 19.9. The van der Waals surface area contributed by atoms with Crippen molar-refractivity contribution in [2.75, 3.05) is 0 Å². The van der Waals surface area contributed by atoms with E-state index in [1.54, 1.807) is 0 Å². The molecule has 2 saturated carbocycles. The Kier molecular flexibility index (Phi) is 8.06. The van der Waals surface area contributed by atoms with Crippen molar-refractivity contribution in [3.8, 4) is 0 Å². The van der Waals surface area contributed by atoms with Crippen LogP contribution in [0.2, 0.25) is 0 Å². The van der Waals surface area contributed by atoms with Gasteiger partial charge in [0.2, 0.25) is 7.59 Å². The van der Waals surface area contributed by atoms with Crippen LogP contribution in [0.15, 0.2) is 12.2 Å². The summed E-state index contributed by atoms with van der Waals surface area (Å²) in [5.41, 5.74) is 0. The molecule has 0 spiro atoms. The molecule has 0 amide bonds. The largest absolute Gasteiger partial charge is 0.250 e. The molecule has 0 bridgehead atoms. The molecule has 2 aliphatic carbocycles. The monoisotopic (exact) mass is 503 g/mol. The Morgan fingerprint density at radius 2 is 1.07 bits per heavy atom. The summed E-state index contributed by atoms with van der Waals surface area (Å²) in [5, 5.41) is 0. The molecule has 2 fully saturated rings. The van der Waals surface area contributed by atoms with Crippen molar-refractivity contribution < 1.29 is 0 Å². The highest BCUT2D eigenvalue weighted by Gasteiger charge is 2.35. The summed E-state index contributed by atoms with van der Waals surface area (Å²) in [5.74, 6) is 2.01. The Bertz CT molecular complexity index is 652. The van der Waals surface area contributed by atoms with E-state index in [-0.39, 0.29) is 17.6 Å². The maximum absolute atomic E-state index is 5.97. The topological polar surface area (TPSA) is 38.7 Å². The van der Waals surface area contributed by atoms with Crippen LogP contribution in [0.25, 0.3) is 0 Å². The van der Waals surface area contributed by atoms with Crippen LogP contribution in [-0.2, 0) is 7.59 Å². The molecule has 28 heavy (non-hydrogen) atoms. The quantitative estimate of drug-likeness (QED) is 0.309. The van der Waals surface area contributed by atoms with Crippen molar-refractivity contribution in [1.82, 2.24) is 15.0 Å². The lowest BCUT2D eigenvalue weighted by Gasteiger charge is -2.27. The number of nitrogens with zero attached hydrogens (tertiary/aromatic N) is 3. The Morgan fingerprint density at radius 1 is 0.607 bits per heavy atom. The van der Waals surface area contributed by atoms with Crippen LogP contribution in [0, 0.1) is 11.8 Å². The highest BCUT2D eigenvalue weighted by molar-refractivity contribution is 6.67. The standard InChI is InChI=1S/C19H23Cl6N3/c20-18(21,22)16-26-15(27-17(28-16)19(23,24)25)14-10-8-13(9-11-14)7-6-12-4-2-1-3-5-12/h6-7,12-14H,1-5,8-11H2. The predicted molar refractivity (Wildman–Crippen MR) is 119 cm³/mol. The first kappa shape index (κ1) is 23.2. The summed E-state index contributed by atoms with van der Waals surface area (Å²) in [4.78, 5) is 12.8. The van der Waals surface area contributed by atoms with E-state index in [0.717, 1.165) is 31.6 Å². The lowest BCUT2D eigenvalue weighted by atomic mass is 9.80. The Labute approximate surface area is 196 Å². The minimum absolute atomic E-state index is 0.0110. The third-order valence-electron chi connectivity index (χ3n) is 5.60. The lowest BCUT2D eigenvalue weighted by molar-refractivity contribution is 0.359. The maximum Gasteiger partial charge on any atom is 0.250 e. The normalized spacial score (nSPS) is 25.4. The molecular weight excluding hydrogens is 483 g/mol. The molecule has 0 radical (unpaired) electrons. The van der Waals surface area contributed by atoms with Crippen LogP contribution < -0.4 is 0 Å². The number of hydrogen-bond donors (Lipinski definition) is 0. The minimum atomic E-state index is -1.80. The van der Waals surface area contributed by atoms with Gasteiger partial charge in [0, 0.05) is 5.92 Å². The third kappa shape index (κ3) is 6.49. The van der Waals surface area contributed by atoms with E-state index in [4.69, 9.17) is 69.6 Å². The van der Waals surface area contributed by atoms with E-state index >= 15 is 0 Å². The number of halogens is 6. The molecule has 1 aromatic heterocycles. The molecule has 1 aromatic rings. The van der Waals surface area contributed by atoms with Crippen molar-refractivity contribution in [1.29, 1.82) is 0 Å². The lowest BCUT2D eigenvalue weighted by Crippen LogP contribution is -2.21. The van der Waals surface area contributed by atoms with Gasteiger partial charge in [-0.25, -0.2) is 15.0 Å². The molecule has 3 nitrogen and oxygen atoms in total. The number of rotatable bonds is 3. The Morgan fingerprint density at radius 3 is 1.54 bits per heavy atom. The summed E-state index contributed by atoms with van der Waals surface area (Å²) < 4.78 is -3.61. The van der Waals surface area contributed by atoms with E-state index < -0.39 is 7.59 Å². The first-order valence-corrected chi connectivity index (χ1v) is 12.0. The van der Waals surface area contributed by atoms with Crippen molar-refractivity contribution in [3.05, 3.63) is 29.6 Å². The summed E-state index contributed by atoms with van der Waals surface area (Å²) >= 11 is 35.8. The summed E-state index contributed by atoms with van der Waals surface area (Å²) in [6, 6.07) is 0. The molecule has 0 saturated heterocycles. The second-order valence-electron chi connectivity index (χ2n) is 7.73. The van der Waals surface area contributed by atoms with Gasteiger partial charge < -0.3 is 0 Å². The maximum atomic E-state index is 5.97. The Balaban J connectivity index is 1.68. The van der Waals surface area contributed by atoms with Gasteiger partial charge in [0.1, 0.15) is 5.82 Å². The second-order valence-corrected chi connectivity index (χ2v) is 12.3. The van der Waals surface area contributed by atoms with Gasteiger partial charge in [0.25, 0.3) is 0 Å². The summed E-state index contributed by atoms with van der Waals surface area (Å²) in [7, 11) is 0. The van der Waals surface area contributed by atoms with Crippen LogP contribution in [0.1, 0.15) is 81.2 Å². The van der Waals surface area contributed by atoms with Crippen molar-refractivity contribution in [2.24, 2.45) is 11.8 Å². The number of allylic oxidation sites excluding steroid dienone is 2. The van der Waals surface area contributed by atoms with Crippen LogP contribution >= 0.6 is 69.6 Å². The van der Waals surface area contributed by atoms with E-state index in [1.807, 2.05) is 0 Å². The molecule has 3 rings (SSSR count). The van der Waals surface area contributed by atoms with Crippen LogP contribution in [0.5, 0.6) is 0 Å². The molecular formula is C19H23Cl6N3. The van der Waals surface area contributed by atoms with E-state index in [0.29, 0.717) is 11.7 Å². The zero-order chi connectivity index (χ0) is 20.4. The fraction of sp³-hybridized carbons (Fsp3) is 0.737.